The summed E-state index contributed by atoms with van der Waals surface area (Å²) < 4.78 is 37.7. The number of rotatable bonds is 8. The van der Waals surface area contributed by atoms with Gasteiger partial charge in [-0.2, -0.15) is 10.5 Å². The number of nitrogens with zero attached hydrogens (tertiary/aromatic N) is 4. The van der Waals surface area contributed by atoms with Crippen molar-refractivity contribution >= 4 is 56.1 Å². The molecular formula is C57H34F2N4O. The van der Waals surface area contributed by atoms with E-state index in [-0.39, 0.29) is 5.82 Å². The third-order valence-corrected chi connectivity index (χ3v) is 12.3. The summed E-state index contributed by atoms with van der Waals surface area (Å²) in [7, 11) is 0. The Balaban J connectivity index is 1.29. The molecule has 0 aliphatic heterocycles. The molecule has 11 rings (SSSR count). The second kappa shape index (κ2) is 15.3. The second-order valence-corrected chi connectivity index (χ2v) is 15.8. The number of anilines is 6. The standard InChI is InChI=1S/C57H34F2N4O/c58-41-15-9-17-45(31-41)62(43-25-21-37(35-60)22-26-43)47-29-30-48-50(33-47)57(39-11-3-1-4-12-39,40-13-5-2-6-14-40)51-34-52(55-49-19-7-8-20-53(49)64-56(55)54(48)51)63(46-18-10-16-42(59)32-46)44-27-23-38(36-61)24-28-44/h1-34H. The fourth-order valence-corrected chi connectivity index (χ4v) is 9.60. The first-order valence-electron chi connectivity index (χ1n) is 20.8. The minimum absolute atomic E-state index is 0.377. The van der Waals surface area contributed by atoms with Crippen molar-refractivity contribution in [3.8, 4) is 23.3 Å². The molecule has 0 atom stereocenters. The minimum atomic E-state index is -0.957. The highest BCUT2D eigenvalue weighted by atomic mass is 19.1. The van der Waals surface area contributed by atoms with E-state index in [1.807, 2.05) is 101 Å². The van der Waals surface area contributed by atoms with Crippen LogP contribution in [0.1, 0.15) is 33.4 Å². The minimum Gasteiger partial charge on any atom is -0.455 e. The molecule has 1 aliphatic carbocycles. The Morgan fingerprint density at radius 3 is 1.55 bits per heavy atom. The summed E-state index contributed by atoms with van der Waals surface area (Å²) in [6.07, 6.45) is 0. The highest BCUT2D eigenvalue weighted by Crippen LogP contribution is 2.61. The molecule has 0 fully saturated rings. The van der Waals surface area contributed by atoms with Crippen LogP contribution in [0.5, 0.6) is 0 Å². The maximum Gasteiger partial charge on any atom is 0.145 e. The van der Waals surface area contributed by atoms with Gasteiger partial charge in [0.15, 0.2) is 0 Å². The summed E-state index contributed by atoms with van der Waals surface area (Å²) in [4.78, 5) is 4.05. The van der Waals surface area contributed by atoms with Crippen molar-refractivity contribution in [1.29, 1.82) is 10.5 Å². The number of nitriles is 2. The Labute approximate surface area is 368 Å². The highest BCUT2D eigenvalue weighted by molar-refractivity contribution is 6.19. The third kappa shape index (κ3) is 6.02. The van der Waals surface area contributed by atoms with Crippen LogP contribution >= 0.6 is 0 Å². The van der Waals surface area contributed by atoms with Crippen LogP contribution in [-0.4, -0.2) is 0 Å². The summed E-state index contributed by atoms with van der Waals surface area (Å²) in [5.74, 6) is -0.767. The molecule has 1 heterocycles. The van der Waals surface area contributed by atoms with Gasteiger partial charge in [-0.1, -0.05) is 97.1 Å². The molecule has 0 saturated heterocycles. The van der Waals surface area contributed by atoms with Crippen molar-refractivity contribution in [3.63, 3.8) is 0 Å². The number of para-hydroxylation sites is 1. The Hall–Kier alpha value is -8.78. The van der Waals surface area contributed by atoms with Crippen LogP contribution in [-0.2, 0) is 5.41 Å². The molecule has 0 radical (unpaired) electrons. The number of halogens is 2. The van der Waals surface area contributed by atoms with E-state index in [0.717, 1.165) is 66.9 Å². The second-order valence-electron chi connectivity index (χ2n) is 15.8. The average Bonchev–Trinajstić information content (AvgIpc) is 3.87. The molecule has 64 heavy (non-hydrogen) atoms. The SMILES string of the molecule is N#Cc1ccc(N(c2cccc(F)c2)c2ccc3c(c2)C(c2ccccc2)(c2ccccc2)c2cc(N(c4ccc(C#N)cc4)c4cccc(F)c4)c4c(oc5ccccc54)c2-3)cc1. The van der Waals surface area contributed by atoms with E-state index in [9.17, 15) is 10.5 Å². The van der Waals surface area contributed by atoms with Crippen molar-refractivity contribution < 1.29 is 13.2 Å². The summed E-state index contributed by atoms with van der Waals surface area (Å²) in [5, 5.41) is 21.2. The molecule has 10 aromatic rings. The maximum atomic E-state index is 15.4. The quantitative estimate of drug-likeness (QED) is 0.153. The zero-order valence-electron chi connectivity index (χ0n) is 34.1. The van der Waals surface area contributed by atoms with Crippen LogP contribution in [0.4, 0.5) is 42.9 Å². The van der Waals surface area contributed by atoms with E-state index < -0.39 is 11.2 Å². The molecule has 9 aromatic carbocycles. The zero-order chi connectivity index (χ0) is 43.4. The molecule has 302 valence electrons. The Bertz CT molecular complexity index is 3460. The van der Waals surface area contributed by atoms with Crippen LogP contribution in [0.2, 0.25) is 0 Å². The lowest BCUT2D eigenvalue weighted by Gasteiger charge is -2.35. The Morgan fingerprint density at radius 2 is 0.969 bits per heavy atom. The van der Waals surface area contributed by atoms with Crippen LogP contribution in [0.15, 0.2) is 211 Å². The topological polar surface area (TPSA) is 67.2 Å². The van der Waals surface area contributed by atoms with Gasteiger partial charge in [0.05, 0.1) is 39.8 Å². The predicted octanol–water partition coefficient (Wildman–Crippen LogP) is 14.9. The number of furan rings is 1. The van der Waals surface area contributed by atoms with Gasteiger partial charge in [0.25, 0.3) is 0 Å². The normalized spacial score (nSPS) is 12.3. The van der Waals surface area contributed by atoms with Crippen molar-refractivity contribution in [2.24, 2.45) is 0 Å². The predicted molar refractivity (Wildman–Crippen MR) is 250 cm³/mol. The van der Waals surface area contributed by atoms with Gasteiger partial charge in [-0.3, -0.25) is 0 Å². The van der Waals surface area contributed by atoms with E-state index in [4.69, 9.17) is 4.42 Å². The lowest BCUT2D eigenvalue weighted by Crippen LogP contribution is -2.29. The van der Waals surface area contributed by atoms with Gasteiger partial charge in [0.2, 0.25) is 0 Å². The number of fused-ring (bicyclic) bond motifs is 7. The van der Waals surface area contributed by atoms with E-state index in [1.165, 1.54) is 24.3 Å². The molecular weight excluding hydrogens is 795 g/mol. The van der Waals surface area contributed by atoms with Gasteiger partial charge in [-0.15, -0.1) is 0 Å². The zero-order valence-corrected chi connectivity index (χ0v) is 34.1. The first kappa shape index (κ1) is 38.2. The van der Waals surface area contributed by atoms with Gasteiger partial charge < -0.3 is 14.2 Å². The van der Waals surface area contributed by atoms with Crippen LogP contribution in [0.25, 0.3) is 33.1 Å². The number of benzene rings is 9. The van der Waals surface area contributed by atoms with Crippen molar-refractivity contribution in [1.82, 2.24) is 0 Å². The summed E-state index contributed by atoms with van der Waals surface area (Å²) in [5.41, 5.74) is 11.4. The molecule has 1 aliphatic rings. The van der Waals surface area contributed by atoms with E-state index in [2.05, 4.69) is 66.7 Å². The molecule has 0 bridgehead atoms. The Morgan fingerprint density at radius 1 is 0.453 bits per heavy atom. The fraction of sp³-hybridized carbons (Fsp3) is 0.0175. The van der Waals surface area contributed by atoms with Crippen LogP contribution < -0.4 is 9.80 Å². The summed E-state index contributed by atoms with van der Waals surface area (Å²) in [6.45, 7) is 0. The Kier molecular flexibility index (Phi) is 9.12. The maximum absolute atomic E-state index is 15.4. The van der Waals surface area contributed by atoms with Gasteiger partial charge in [-0.25, -0.2) is 8.78 Å². The molecule has 0 saturated carbocycles. The highest BCUT2D eigenvalue weighted by Gasteiger charge is 2.49. The van der Waals surface area contributed by atoms with Crippen LogP contribution in [0, 0.1) is 34.3 Å². The molecule has 7 heteroatoms. The first-order valence-corrected chi connectivity index (χ1v) is 20.8. The van der Waals surface area contributed by atoms with Gasteiger partial charge in [0.1, 0.15) is 22.8 Å². The van der Waals surface area contributed by atoms with Gasteiger partial charge in [-0.05, 0) is 137 Å². The molecule has 1 aromatic heterocycles. The average molecular weight is 829 g/mol. The van der Waals surface area contributed by atoms with Crippen molar-refractivity contribution in [3.05, 3.63) is 251 Å². The van der Waals surface area contributed by atoms with Gasteiger partial charge in [0, 0.05) is 39.4 Å². The molecule has 0 amide bonds. The van der Waals surface area contributed by atoms with Crippen LogP contribution in [0.3, 0.4) is 0 Å². The fourth-order valence-electron chi connectivity index (χ4n) is 9.60. The number of hydrogen-bond acceptors (Lipinski definition) is 5. The lowest BCUT2D eigenvalue weighted by atomic mass is 9.67. The van der Waals surface area contributed by atoms with Crippen molar-refractivity contribution in [2.75, 3.05) is 9.80 Å². The monoisotopic (exact) mass is 828 g/mol. The summed E-state index contributed by atoms with van der Waals surface area (Å²) in [6, 6.07) is 69.5. The molecule has 0 unspecified atom stereocenters. The molecule has 0 N–H and O–H groups in total. The number of hydrogen-bond donors (Lipinski definition) is 0. The molecule has 0 spiro atoms. The largest absolute Gasteiger partial charge is 0.455 e. The smallest absolute Gasteiger partial charge is 0.145 e. The molecule has 5 nitrogen and oxygen atoms in total. The summed E-state index contributed by atoms with van der Waals surface area (Å²) >= 11 is 0. The van der Waals surface area contributed by atoms with Crippen molar-refractivity contribution in [2.45, 2.75) is 5.41 Å². The van der Waals surface area contributed by atoms with E-state index >= 15 is 8.78 Å². The van der Waals surface area contributed by atoms with E-state index in [1.54, 1.807) is 36.4 Å². The third-order valence-electron chi connectivity index (χ3n) is 12.3. The first-order chi connectivity index (χ1) is 31.5. The lowest BCUT2D eigenvalue weighted by molar-refractivity contribution is 0.627. The van der Waals surface area contributed by atoms with E-state index in [0.29, 0.717) is 33.7 Å². The van der Waals surface area contributed by atoms with Gasteiger partial charge >= 0.3 is 0 Å².